The van der Waals surface area contributed by atoms with Gasteiger partial charge in [-0.1, -0.05) is 41.9 Å². The van der Waals surface area contributed by atoms with E-state index in [1.54, 1.807) is 24.3 Å². The van der Waals surface area contributed by atoms with Gasteiger partial charge < -0.3 is 5.32 Å². The molecule has 0 aromatic heterocycles. The maximum Gasteiger partial charge on any atom is 0.230 e. The van der Waals surface area contributed by atoms with Crippen molar-refractivity contribution in [2.24, 2.45) is 0 Å². The molecule has 4 nitrogen and oxygen atoms in total. The summed E-state index contributed by atoms with van der Waals surface area (Å²) in [6.45, 7) is 1.87. The summed E-state index contributed by atoms with van der Waals surface area (Å²) in [4.78, 5) is 12.3. The number of amides is 1. The molecule has 0 aliphatic heterocycles. The van der Waals surface area contributed by atoms with Crippen molar-refractivity contribution in [3.63, 3.8) is 0 Å². The lowest BCUT2D eigenvalue weighted by Crippen LogP contribution is -2.28. The molecule has 0 aliphatic carbocycles. The topological polar surface area (TPSA) is 63.2 Å². The van der Waals surface area contributed by atoms with Crippen molar-refractivity contribution in [1.29, 1.82) is 0 Å². The van der Waals surface area contributed by atoms with Crippen LogP contribution < -0.4 is 5.32 Å². The number of hydrogen-bond donors (Lipinski definition) is 1. The number of carbonyl (C=O) groups excluding carboxylic acids is 1. The van der Waals surface area contributed by atoms with E-state index in [9.17, 15) is 13.2 Å². The van der Waals surface area contributed by atoms with Crippen molar-refractivity contribution in [2.75, 3.05) is 12.0 Å². The SMILES string of the molecule is C[C@@H](NC(=O)CSCc1ccccc1Cl)c1ccc(S(C)(=O)=O)cc1. The summed E-state index contributed by atoms with van der Waals surface area (Å²) in [6.07, 6.45) is 1.17. The average molecular weight is 398 g/mol. The van der Waals surface area contributed by atoms with Crippen molar-refractivity contribution < 1.29 is 13.2 Å². The van der Waals surface area contributed by atoms with Gasteiger partial charge in [0.25, 0.3) is 0 Å². The standard InChI is InChI=1S/C18H20ClNO3S2/c1-13(14-7-9-16(10-8-14)25(2,22)23)20-18(21)12-24-11-15-5-3-4-6-17(15)19/h3-10,13H,11-12H2,1-2H3,(H,20,21)/t13-/m1/s1. The minimum Gasteiger partial charge on any atom is -0.349 e. The Bertz CT molecular complexity index is 836. The lowest BCUT2D eigenvalue weighted by Gasteiger charge is -2.14. The van der Waals surface area contributed by atoms with Gasteiger partial charge in [0.05, 0.1) is 16.7 Å². The van der Waals surface area contributed by atoms with Gasteiger partial charge in [0, 0.05) is 17.0 Å². The van der Waals surface area contributed by atoms with Crippen LogP contribution in [0, 0.1) is 0 Å². The van der Waals surface area contributed by atoms with Crippen molar-refractivity contribution >= 4 is 39.1 Å². The highest BCUT2D eigenvalue weighted by atomic mass is 35.5. The molecule has 0 spiro atoms. The van der Waals surface area contributed by atoms with E-state index >= 15 is 0 Å². The maximum atomic E-state index is 12.1. The first-order valence-corrected chi connectivity index (χ1v) is 11.1. The monoisotopic (exact) mass is 397 g/mol. The fourth-order valence-corrected chi connectivity index (χ4v) is 3.99. The molecule has 2 rings (SSSR count). The normalized spacial score (nSPS) is 12.6. The van der Waals surface area contributed by atoms with E-state index in [2.05, 4.69) is 5.32 Å². The number of thioether (sulfide) groups is 1. The Hall–Kier alpha value is -1.50. The zero-order chi connectivity index (χ0) is 18.4. The van der Waals surface area contributed by atoms with Crippen molar-refractivity contribution in [3.8, 4) is 0 Å². The summed E-state index contributed by atoms with van der Waals surface area (Å²) < 4.78 is 22.9. The third-order valence-electron chi connectivity index (χ3n) is 3.63. The van der Waals surface area contributed by atoms with Crippen LogP contribution in [-0.2, 0) is 20.4 Å². The summed E-state index contributed by atoms with van der Waals surface area (Å²) in [5, 5.41) is 3.62. The molecule has 0 bridgehead atoms. The van der Waals surface area contributed by atoms with E-state index in [0.29, 0.717) is 16.5 Å². The summed E-state index contributed by atoms with van der Waals surface area (Å²) in [6, 6.07) is 13.9. The molecule has 134 valence electrons. The van der Waals surface area contributed by atoms with E-state index in [1.807, 2.05) is 31.2 Å². The Kier molecular flexibility index (Phi) is 6.93. The lowest BCUT2D eigenvalue weighted by atomic mass is 10.1. The molecule has 7 heteroatoms. The first kappa shape index (κ1) is 19.8. The van der Waals surface area contributed by atoms with E-state index in [1.165, 1.54) is 18.0 Å². The Morgan fingerprint density at radius 1 is 1.16 bits per heavy atom. The van der Waals surface area contributed by atoms with E-state index < -0.39 is 9.84 Å². The second kappa shape index (κ2) is 8.74. The largest absolute Gasteiger partial charge is 0.349 e. The molecule has 2 aromatic carbocycles. The number of halogens is 1. The van der Waals surface area contributed by atoms with Crippen LogP contribution >= 0.6 is 23.4 Å². The van der Waals surface area contributed by atoms with Crippen LogP contribution in [0.15, 0.2) is 53.4 Å². The zero-order valence-corrected chi connectivity index (χ0v) is 16.4. The van der Waals surface area contributed by atoms with E-state index in [4.69, 9.17) is 11.6 Å². The average Bonchev–Trinajstić information content (AvgIpc) is 2.56. The third-order valence-corrected chi connectivity index (χ3v) is 6.11. The fraction of sp³-hybridized carbons (Fsp3) is 0.278. The number of nitrogens with one attached hydrogen (secondary N) is 1. The van der Waals surface area contributed by atoms with Gasteiger partial charge in [0.15, 0.2) is 9.84 Å². The van der Waals surface area contributed by atoms with Crippen LogP contribution in [0.25, 0.3) is 0 Å². The maximum absolute atomic E-state index is 12.1. The predicted octanol–water partition coefficient (Wildman–Crippen LogP) is 3.85. The first-order chi connectivity index (χ1) is 11.8. The molecule has 0 saturated carbocycles. The summed E-state index contributed by atoms with van der Waals surface area (Å²) in [5.74, 6) is 0.929. The Morgan fingerprint density at radius 2 is 1.80 bits per heavy atom. The quantitative estimate of drug-likeness (QED) is 0.770. The molecule has 1 N–H and O–H groups in total. The van der Waals surface area contributed by atoms with Crippen LogP contribution in [0.3, 0.4) is 0 Å². The van der Waals surface area contributed by atoms with Gasteiger partial charge in [0.1, 0.15) is 0 Å². The number of rotatable bonds is 7. The molecule has 0 unspecified atom stereocenters. The highest BCUT2D eigenvalue weighted by Crippen LogP contribution is 2.21. The Morgan fingerprint density at radius 3 is 2.40 bits per heavy atom. The van der Waals surface area contributed by atoms with Crippen LogP contribution in [0.5, 0.6) is 0 Å². The minimum atomic E-state index is -3.21. The highest BCUT2D eigenvalue weighted by Gasteiger charge is 2.12. The van der Waals surface area contributed by atoms with Crippen LogP contribution in [0.1, 0.15) is 24.1 Å². The lowest BCUT2D eigenvalue weighted by molar-refractivity contribution is -0.119. The zero-order valence-electron chi connectivity index (χ0n) is 14.0. The number of carbonyl (C=O) groups is 1. The van der Waals surface area contributed by atoms with Crippen LogP contribution in [0.4, 0.5) is 0 Å². The van der Waals surface area contributed by atoms with Crippen LogP contribution in [-0.4, -0.2) is 26.3 Å². The molecular weight excluding hydrogens is 378 g/mol. The molecule has 1 amide bonds. The number of sulfone groups is 1. The molecule has 1 atom stereocenters. The summed E-state index contributed by atoms with van der Waals surface area (Å²) in [7, 11) is -3.21. The van der Waals surface area contributed by atoms with Crippen molar-refractivity contribution in [2.45, 2.75) is 23.6 Å². The minimum absolute atomic E-state index is 0.0725. The second-order valence-electron chi connectivity index (χ2n) is 5.71. The molecular formula is C18H20ClNO3S2. The van der Waals surface area contributed by atoms with Crippen LogP contribution in [0.2, 0.25) is 5.02 Å². The summed E-state index contributed by atoms with van der Waals surface area (Å²) in [5.41, 5.74) is 1.86. The van der Waals surface area contributed by atoms with E-state index in [0.717, 1.165) is 11.1 Å². The molecule has 25 heavy (non-hydrogen) atoms. The van der Waals surface area contributed by atoms with Gasteiger partial charge in [0.2, 0.25) is 5.91 Å². The molecule has 0 aliphatic rings. The predicted molar refractivity (Wildman–Crippen MR) is 104 cm³/mol. The van der Waals surface area contributed by atoms with Crippen molar-refractivity contribution in [3.05, 3.63) is 64.7 Å². The third kappa shape index (κ3) is 6.06. The van der Waals surface area contributed by atoms with Crippen molar-refractivity contribution in [1.82, 2.24) is 5.32 Å². The van der Waals surface area contributed by atoms with Gasteiger partial charge in [-0.2, -0.15) is 0 Å². The number of hydrogen-bond acceptors (Lipinski definition) is 4. The molecule has 0 saturated heterocycles. The van der Waals surface area contributed by atoms with Gasteiger partial charge >= 0.3 is 0 Å². The van der Waals surface area contributed by atoms with Gasteiger partial charge in [-0.15, -0.1) is 11.8 Å². The van der Waals surface area contributed by atoms with E-state index in [-0.39, 0.29) is 16.8 Å². The van der Waals surface area contributed by atoms with Gasteiger partial charge in [-0.3, -0.25) is 4.79 Å². The van der Waals surface area contributed by atoms with Gasteiger partial charge in [-0.25, -0.2) is 8.42 Å². The van der Waals surface area contributed by atoms with Gasteiger partial charge in [-0.05, 0) is 36.2 Å². The fourth-order valence-electron chi connectivity index (χ4n) is 2.24. The first-order valence-electron chi connectivity index (χ1n) is 7.68. The Labute approximate surface area is 157 Å². The smallest absolute Gasteiger partial charge is 0.230 e. The molecule has 0 radical (unpaired) electrons. The number of benzene rings is 2. The summed E-state index contributed by atoms with van der Waals surface area (Å²) >= 11 is 7.59. The molecule has 0 heterocycles. The molecule has 0 fully saturated rings. The highest BCUT2D eigenvalue weighted by molar-refractivity contribution is 7.99. The molecule has 2 aromatic rings. The Balaban J connectivity index is 1.84. The second-order valence-corrected chi connectivity index (χ2v) is 9.12.